The van der Waals surface area contributed by atoms with Crippen LogP contribution in [0.1, 0.15) is 0 Å². The Morgan fingerprint density at radius 1 is 1.20 bits per heavy atom. The van der Waals surface area contributed by atoms with Crippen LogP contribution in [0.5, 0.6) is 11.9 Å². The molecule has 108 valence electrons. The molecule has 6 nitrogen and oxygen atoms in total. The normalized spacial score (nSPS) is 11.4. The molecule has 0 aliphatic rings. The minimum atomic E-state index is -4.33. The van der Waals surface area contributed by atoms with E-state index in [1.165, 1.54) is 32.8 Å². The Balaban J connectivity index is 2.32. The molecular weight excluding hydrogens is 277 g/mol. The summed E-state index contributed by atoms with van der Waals surface area (Å²) in [6.45, 7) is -1.16. The highest BCUT2D eigenvalue weighted by atomic mass is 19.4. The second-order valence-electron chi connectivity index (χ2n) is 3.82. The van der Waals surface area contributed by atoms with E-state index in [2.05, 4.69) is 15.1 Å². The van der Waals surface area contributed by atoms with Gasteiger partial charge in [-0.05, 0) is 0 Å². The van der Waals surface area contributed by atoms with Gasteiger partial charge in [-0.3, -0.25) is 4.68 Å². The van der Waals surface area contributed by atoms with E-state index in [1.807, 2.05) is 0 Å². The number of hydrogen-bond donors (Lipinski definition) is 0. The molecular formula is C11H11F3N4O2. The third-order valence-electron chi connectivity index (χ3n) is 2.39. The smallest absolute Gasteiger partial charge is 0.408 e. The number of methoxy groups -OCH3 is 2. The van der Waals surface area contributed by atoms with Crippen LogP contribution in [0.3, 0.4) is 0 Å². The second kappa shape index (κ2) is 5.35. The van der Waals surface area contributed by atoms with Gasteiger partial charge in [-0.1, -0.05) is 0 Å². The van der Waals surface area contributed by atoms with Crippen molar-refractivity contribution in [3.05, 3.63) is 18.6 Å². The van der Waals surface area contributed by atoms with Crippen LogP contribution >= 0.6 is 0 Å². The minimum Gasteiger partial charge on any atom is -0.480 e. The van der Waals surface area contributed by atoms with Crippen molar-refractivity contribution in [3.63, 3.8) is 0 Å². The molecule has 0 aromatic carbocycles. The van der Waals surface area contributed by atoms with Gasteiger partial charge in [-0.15, -0.1) is 0 Å². The van der Waals surface area contributed by atoms with Gasteiger partial charge in [0.2, 0.25) is 5.88 Å². The number of hydrogen-bond acceptors (Lipinski definition) is 5. The first kappa shape index (κ1) is 14.1. The first-order valence-corrected chi connectivity index (χ1v) is 5.47. The zero-order valence-electron chi connectivity index (χ0n) is 10.7. The van der Waals surface area contributed by atoms with Crippen LogP contribution in [0.4, 0.5) is 13.2 Å². The predicted octanol–water partition coefficient (Wildman–Crippen LogP) is 1.92. The minimum absolute atomic E-state index is 0.105. The third kappa shape index (κ3) is 3.16. The average Bonchev–Trinajstić information content (AvgIpc) is 2.83. The Morgan fingerprint density at radius 2 is 1.95 bits per heavy atom. The lowest BCUT2D eigenvalue weighted by Gasteiger charge is -2.07. The molecule has 0 radical (unpaired) electrons. The fourth-order valence-electron chi connectivity index (χ4n) is 1.58. The van der Waals surface area contributed by atoms with Crippen LogP contribution < -0.4 is 9.47 Å². The molecule has 0 spiro atoms. The van der Waals surface area contributed by atoms with Crippen molar-refractivity contribution in [2.75, 3.05) is 14.2 Å². The number of alkyl halides is 3. The van der Waals surface area contributed by atoms with Gasteiger partial charge in [0.05, 0.1) is 26.0 Å². The topological polar surface area (TPSA) is 62.1 Å². The second-order valence-corrected chi connectivity index (χ2v) is 3.82. The fraction of sp³-hybridized carbons (Fsp3) is 0.364. The largest absolute Gasteiger partial charge is 0.480 e. The van der Waals surface area contributed by atoms with Crippen LogP contribution in [-0.2, 0) is 6.54 Å². The first-order chi connectivity index (χ1) is 9.43. The third-order valence-corrected chi connectivity index (χ3v) is 2.39. The number of nitrogens with zero attached hydrogens (tertiary/aromatic N) is 4. The highest BCUT2D eigenvalue weighted by Gasteiger charge is 2.28. The monoisotopic (exact) mass is 288 g/mol. The first-order valence-electron chi connectivity index (χ1n) is 5.47. The lowest BCUT2D eigenvalue weighted by atomic mass is 10.2. The van der Waals surface area contributed by atoms with E-state index >= 15 is 0 Å². The van der Waals surface area contributed by atoms with Gasteiger partial charge < -0.3 is 9.47 Å². The van der Waals surface area contributed by atoms with E-state index < -0.39 is 12.7 Å². The van der Waals surface area contributed by atoms with Gasteiger partial charge in [-0.25, -0.2) is 4.98 Å². The number of rotatable bonds is 4. The van der Waals surface area contributed by atoms with Crippen LogP contribution in [-0.4, -0.2) is 40.1 Å². The number of aromatic nitrogens is 4. The summed E-state index contributed by atoms with van der Waals surface area (Å²) >= 11 is 0. The molecule has 0 atom stereocenters. The predicted molar refractivity (Wildman–Crippen MR) is 62.4 cm³/mol. The highest BCUT2D eigenvalue weighted by Crippen LogP contribution is 2.29. The van der Waals surface area contributed by atoms with Gasteiger partial charge in [0.25, 0.3) is 0 Å². The Kier molecular flexibility index (Phi) is 3.77. The average molecular weight is 288 g/mol. The van der Waals surface area contributed by atoms with Gasteiger partial charge in [-0.2, -0.15) is 23.3 Å². The summed E-state index contributed by atoms with van der Waals surface area (Å²) in [5.41, 5.74) is 0.857. The van der Waals surface area contributed by atoms with Gasteiger partial charge >= 0.3 is 12.2 Å². The molecule has 0 aliphatic heterocycles. The van der Waals surface area contributed by atoms with Crippen molar-refractivity contribution >= 4 is 0 Å². The lowest BCUT2D eigenvalue weighted by molar-refractivity contribution is -0.142. The fourth-order valence-corrected chi connectivity index (χ4v) is 1.58. The van der Waals surface area contributed by atoms with E-state index in [0.717, 1.165) is 4.68 Å². The summed E-state index contributed by atoms with van der Waals surface area (Å²) in [5, 5.41) is 3.65. The SMILES string of the molecule is COc1ncc(-c2cnn(CC(F)(F)F)c2)c(OC)n1. The molecule has 0 aliphatic carbocycles. The molecule has 0 saturated heterocycles. The lowest BCUT2D eigenvalue weighted by Crippen LogP contribution is -2.17. The van der Waals surface area contributed by atoms with E-state index in [1.54, 1.807) is 0 Å². The van der Waals surface area contributed by atoms with Crippen molar-refractivity contribution < 1.29 is 22.6 Å². The van der Waals surface area contributed by atoms with E-state index in [4.69, 9.17) is 9.47 Å². The molecule has 0 saturated carbocycles. The zero-order valence-corrected chi connectivity index (χ0v) is 10.7. The summed E-state index contributed by atoms with van der Waals surface area (Å²) in [4.78, 5) is 7.85. The van der Waals surface area contributed by atoms with Crippen molar-refractivity contribution in [1.82, 2.24) is 19.7 Å². The maximum atomic E-state index is 12.3. The van der Waals surface area contributed by atoms with Crippen molar-refractivity contribution in [2.45, 2.75) is 12.7 Å². The standard InChI is InChI=1S/C11H11F3N4O2/c1-19-9-8(4-15-10(17-9)20-2)7-3-16-18(5-7)6-11(12,13)14/h3-5H,6H2,1-2H3. The summed E-state index contributed by atoms with van der Waals surface area (Å²) in [6, 6.07) is 0.105. The van der Waals surface area contributed by atoms with Crippen molar-refractivity contribution in [3.8, 4) is 23.0 Å². The maximum absolute atomic E-state index is 12.3. The van der Waals surface area contributed by atoms with E-state index in [-0.39, 0.29) is 11.9 Å². The van der Waals surface area contributed by atoms with Gasteiger partial charge in [0, 0.05) is 18.0 Å². The van der Waals surface area contributed by atoms with Gasteiger partial charge in [0.15, 0.2) is 0 Å². The highest BCUT2D eigenvalue weighted by molar-refractivity contribution is 5.66. The summed E-state index contributed by atoms with van der Waals surface area (Å²) < 4.78 is 47.5. The molecule has 0 amide bonds. The van der Waals surface area contributed by atoms with Crippen molar-refractivity contribution in [2.24, 2.45) is 0 Å². The summed E-state index contributed by atoms with van der Waals surface area (Å²) in [6.07, 6.45) is -0.385. The van der Waals surface area contributed by atoms with Crippen LogP contribution in [0.2, 0.25) is 0 Å². The molecule has 2 aromatic rings. The Labute approximate surface area is 112 Å². The Hall–Kier alpha value is -2.32. The summed E-state index contributed by atoms with van der Waals surface area (Å²) in [5.74, 6) is 0.198. The molecule has 2 aromatic heterocycles. The molecule has 20 heavy (non-hydrogen) atoms. The molecule has 2 heterocycles. The van der Waals surface area contributed by atoms with E-state index in [0.29, 0.717) is 11.1 Å². The number of ether oxygens (including phenoxy) is 2. The molecule has 0 bridgehead atoms. The molecule has 0 unspecified atom stereocenters. The molecule has 9 heteroatoms. The molecule has 2 rings (SSSR count). The zero-order chi connectivity index (χ0) is 14.8. The van der Waals surface area contributed by atoms with Crippen LogP contribution in [0.15, 0.2) is 18.6 Å². The van der Waals surface area contributed by atoms with Crippen LogP contribution in [0.25, 0.3) is 11.1 Å². The number of halogens is 3. The molecule has 0 N–H and O–H groups in total. The Morgan fingerprint density at radius 3 is 2.55 bits per heavy atom. The van der Waals surface area contributed by atoms with Crippen LogP contribution in [0, 0.1) is 0 Å². The maximum Gasteiger partial charge on any atom is 0.408 e. The Bertz CT molecular complexity index is 598. The van der Waals surface area contributed by atoms with Crippen molar-refractivity contribution in [1.29, 1.82) is 0 Å². The summed E-state index contributed by atoms with van der Waals surface area (Å²) in [7, 11) is 2.79. The van der Waals surface area contributed by atoms with Gasteiger partial charge in [0.1, 0.15) is 6.54 Å². The van der Waals surface area contributed by atoms with E-state index in [9.17, 15) is 13.2 Å². The quantitative estimate of drug-likeness (QED) is 0.860. The molecule has 0 fully saturated rings.